The smallest absolute Gasteiger partial charge is 0.0130 e. The molecule has 0 aliphatic heterocycles. The van der Waals surface area contributed by atoms with Crippen molar-refractivity contribution in [2.75, 3.05) is 0 Å². The number of halogens is 1. The van der Waals surface area contributed by atoms with Crippen molar-refractivity contribution in [2.45, 2.75) is 45.7 Å². The predicted octanol–water partition coefficient (Wildman–Crippen LogP) is 3.61. The molecule has 1 aromatic rings. The molecule has 0 aliphatic rings. The van der Waals surface area contributed by atoms with E-state index in [1.54, 1.807) is 0 Å². The normalized spacial score (nSPS) is 14.9. The van der Waals surface area contributed by atoms with Crippen LogP contribution in [0, 0.1) is 3.57 Å². The molecule has 0 radical (unpaired) electrons. The molecule has 1 aromatic carbocycles. The van der Waals surface area contributed by atoms with Crippen molar-refractivity contribution in [3.8, 4) is 0 Å². The molecule has 1 nitrogen and oxygen atoms in total. The Morgan fingerprint density at radius 2 is 1.73 bits per heavy atom. The lowest BCUT2D eigenvalue weighted by atomic mass is 10.1. The molecule has 0 amide bonds. The standard InChI is InChI=1S/C13H20IN/c1-4-10(2)15-11(3)9-12-5-7-13(14)8-6-12/h5-8,10-11,15H,4,9H2,1-3H3. The first-order valence-corrected chi connectivity index (χ1v) is 6.70. The van der Waals surface area contributed by atoms with Gasteiger partial charge in [0.1, 0.15) is 0 Å². The third-order valence-electron chi connectivity index (χ3n) is 2.64. The van der Waals surface area contributed by atoms with Crippen molar-refractivity contribution in [1.29, 1.82) is 0 Å². The summed E-state index contributed by atoms with van der Waals surface area (Å²) >= 11 is 2.34. The van der Waals surface area contributed by atoms with Crippen molar-refractivity contribution in [2.24, 2.45) is 0 Å². The molecule has 84 valence electrons. The van der Waals surface area contributed by atoms with Crippen LogP contribution in [0.25, 0.3) is 0 Å². The van der Waals surface area contributed by atoms with E-state index in [1.165, 1.54) is 15.6 Å². The molecule has 0 aromatic heterocycles. The highest BCUT2D eigenvalue weighted by Crippen LogP contribution is 2.09. The molecule has 2 unspecified atom stereocenters. The summed E-state index contributed by atoms with van der Waals surface area (Å²) in [4.78, 5) is 0. The molecule has 1 N–H and O–H groups in total. The van der Waals surface area contributed by atoms with Gasteiger partial charge in [0.25, 0.3) is 0 Å². The zero-order valence-corrected chi connectivity index (χ0v) is 11.9. The van der Waals surface area contributed by atoms with E-state index < -0.39 is 0 Å². The summed E-state index contributed by atoms with van der Waals surface area (Å²) in [5.74, 6) is 0. The molecular formula is C13H20IN. The van der Waals surface area contributed by atoms with Gasteiger partial charge in [-0.2, -0.15) is 0 Å². The number of rotatable bonds is 5. The molecule has 0 saturated heterocycles. The maximum atomic E-state index is 3.59. The SMILES string of the molecule is CCC(C)NC(C)Cc1ccc(I)cc1. The Bertz CT molecular complexity index is 281. The first-order valence-electron chi connectivity index (χ1n) is 5.62. The predicted molar refractivity (Wildman–Crippen MR) is 75.2 cm³/mol. The minimum Gasteiger partial charge on any atom is -0.311 e. The molecule has 0 fully saturated rings. The molecule has 0 heterocycles. The quantitative estimate of drug-likeness (QED) is 0.818. The van der Waals surface area contributed by atoms with E-state index in [0.717, 1.165) is 6.42 Å². The lowest BCUT2D eigenvalue weighted by Crippen LogP contribution is -2.35. The van der Waals surface area contributed by atoms with Crippen molar-refractivity contribution in [3.05, 3.63) is 33.4 Å². The van der Waals surface area contributed by atoms with Gasteiger partial charge in [-0.25, -0.2) is 0 Å². The number of benzene rings is 1. The van der Waals surface area contributed by atoms with Crippen LogP contribution in [0.1, 0.15) is 32.8 Å². The molecule has 0 spiro atoms. The zero-order chi connectivity index (χ0) is 11.3. The maximum Gasteiger partial charge on any atom is 0.0130 e. The van der Waals surface area contributed by atoms with Gasteiger partial charge in [0.15, 0.2) is 0 Å². The van der Waals surface area contributed by atoms with Crippen LogP contribution in [0.5, 0.6) is 0 Å². The van der Waals surface area contributed by atoms with Gasteiger partial charge >= 0.3 is 0 Å². The summed E-state index contributed by atoms with van der Waals surface area (Å²) in [5, 5.41) is 3.59. The minimum absolute atomic E-state index is 0.556. The van der Waals surface area contributed by atoms with Gasteiger partial charge in [-0.3, -0.25) is 0 Å². The van der Waals surface area contributed by atoms with E-state index in [0.29, 0.717) is 12.1 Å². The van der Waals surface area contributed by atoms with Crippen LogP contribution in [-0.4, -0.2) is 12.1 Å². The highest BCUT2D eigenvalue weighted by Gasteiger charge is 2.06. The van der Waals surface area contributed by atoms with E-state index in [-0.39, 0.29) is 0 Å². The van der Waals surface area contributed by atoms with Crippen molar-refractivity contribution in [3.63, 3.8) is 0 Å². The lowest BCUT2D eigenvalue weighted by Gasteiger charge is -2.18. The van der Waals surface area contributed by atoms with Crippen molar-refractivity contribution < 1.29 is 0 Å². The fraction of sp³-hybridized carbons (Fsp3) is 0.538. The molecule has 0 saturated carbocycles. The van der Waals surface area contributed by atoms with Crippen LogP contribution < -0.4 is 5.32 Å². The Morgan fingerprint density at radius 1 is 1.13 bits per heavy atom. The van der Waals surface area contributed by atoms with Crippen LogP contribution in [0.3, 0.4) is 0 Å². The average Bonchev–Trinajstić information content (AvgIpc) is 2.21. The Morgan fingerprint density at radius 3 is 2.27 bits per heavy atom. The Hall–Kier alpha value is -0.0900. The molecule has 15 heavy (non-hydrogen) atoms. The Balaban J connectivity index is 2.44. The molecule has 2 atom stereocenters. The van der Waals surface area contributed by atoms with Crippen LogP contribution >= 0.6 is 22.6 Å². The summed E-state index contributed by atoms with van der Waals surface area (Å²) in [5.41, 5.74) is 1.42. The minimum atomic E-state index is 0.556. The highest BCUT2D eigenvalue weighted by molar-refractivity contribution is 14.1. The van der Waals surface area contributed by atoms with Crippen molar-refractivity contribution in [1.82, 2.24) is 5.32 Å². The largest absolute Gasteiger partial charge is 0.311 e. The highest BCUT2D eigenvalue weighted by atomic mass is 127. The van der Waals surface area contributed by atoms with Crippen LogP contribution in [0.15, 0.2) is 24.3 Å². The number of nitrogens with one attached hydrogen (secondary N) is 1. The molecular weight excluding hydrogens is 297 g/mol. The summed E-state index contributed by atoms with van der Waals surface area (Å²) in [6.45, 7) is 6.71. The maximum absolute atomic E-state index is 3.59. The van der Waals surface area contributed by atoms with Gasteiger partial charge in [0, 0.05) is 15.7 Å². The number of hydrogen-bond acceptors (Lipinski definition) is 1. The summed E-state index contributed by atoms with van der Waals surface area (Å²) in [7, 11) is 0. The first-order chi connectivity index (χ1) is 7.11. The second kappa shape index (κ2) is 6.48. The van der Waals surface area contributed by atoms with Crippen LogP contribution in [-0.2, 0) is 6.42 Å². The summed E-state index contributed by atoms with van der Waals surface area (Å²) < 4.78 is 1.30. The molecule has 1 rings (SSSR count). The lowest BCUT2D eigenvalue weighted by molar-refractivity contribution is 0.455. The van der Waals surface area contributed by atoms with E-state index in [2.05, 4.69) is 72.9 Å². The monoisotopic (exact) mass is 317 g/mol. The Labute approximate surface area is 107 Å². The van der Waals surface area contributed by atoms with Crippen LogP contribution in [0.4, 0.5) is 0 Å². The average molecular weight is 317 g/mol. The van der Waals surface area contributed by atoms with Crippen LogP contribution in [0.2, 0.25) is 0 Å². The summed E-state index contributed by atoms with van der Waals surface area (Å²) in [6, 6.07) is 9.95. The zero-order valence-electron chi connectivity index (χ0n) is 9.76. The topological polar surface area (TPSA) is 12.0 Å². The molecule has 0 bridgehead atoms. The van der Waals surface area contributed by atoms with Crippen molar-refractivity contribution >= 4 is 22.6 Å². The van der Waals surface area contributed by atoms with E-state index in [1.807, 2.05) is 0 Å². The van der Waals surface area contributed by atoms with Gasteiger partial charge in [0.05, 0.1) is 0 Å². The van der Waals surface area contributed by atoms with Gasteiger partial charge in [-0.15, -0.1) is 0 Å². The number of hydrogen-bond donors (Lipinski definition) is 1. The first kappa shape index (κ1) is 13.0. The van der Waals surface area contributed by atoms with Gasteiger partial charge in [0.2, 0.25) is 0 Å². The summed E-state index contributed by atoms with van der Waals surface area (Å²) in [6.07, 6.45) is 2.30. The van der Waals surface area contributed by atoms with Gasteiger partial charge < -0.3 is 5.32 Å². The third-order valence-corrected chi connectivity index (χ3v) is 3.36. The fourth-order valence-electron chi connectivity index (χ4n) is 1.64. The van der Waals surface area contributed by atoms with E-state index in [4.69, 9.17) is 0 Å². The second-order valence-electron chi connectivity index (χ2n) is 4.21. The molecule has 2 heteroatoms. The third kappa shape index (κ3) is 4.98. The second-order valence-corrected chi connectivity index (χ2v) is 5.45. The van der Waals surface area contributed by atoms with Gasteiger partial charge in [-0.1, -0.05) is 19.1 Å². The van der Waals surface area contributed by atoms with E-state index >= 15 is 0 Å². The van der Waals surface area contributed by atoms with Gasteiger partial charge in [-0.05, 0) is 67.0 Å². The Kier molecular flexibility index (Phi) is 5.61. The van der Waals surface area contributed by atoms with E-state index in [9.17, 15) is 0 Å². The molecule has 0 aliphatic carbocycles. The fourth-order valence-corrected chi connectivity index (χ4v) is 2.00.